The normalized spacial score (nSPS) is 13.8. The fourth-order valence-corrected chi connectivity index (χ4v) is 9.14. The minimum Gasteiger partial charge on any atom is -0.545 e. The van der Waals surface area contributed by atoms with E-state index in [1.165, 1.54) is 70.6 Å². The Morgan fingerprint density at radius 2 is 0.607 bits per heavy atom. The lowest BCUT2D eigenvalue weighted by molar-refractivity contribution is -0.870. The topological polar surface area (TPSA) is 111 Å². The van der Waals surface area contributed by atoms with Crippen LogP contribution in [0.15, 0.2) is 170 Å². The zero-order valence-corrected chi connectivity index (χ0v) is 57.2. The van der Waals surface area contributed by atoms with E-state index >= 15 is 0 Å². The molecule has 0 fully saturated rings. The monoisotopic (exact) mass is 1230 g/mol. The number of carboxylic acids is 1. The predicted octanol–water partition coefficient (Wildman–Crippen LogP) is 20.9. The van der Waals surface area contributed by atoms with Crippen LogP contribution in [0.1, 0.15) is 258 Å². The number of hydrogen-bond acceptors (Lipinski definition) is 8. The van der Waals surface area contributed by atoms with Crippen LogP contribution in [0.5, 0.6) is 0 Å². The second-order valence-electron chi connectivity index (χ2n) is 24.1. The van der Waals surface area contributed by atoms with Gasteiger partial charge in [-0.25, -0.2) is 0 Å². The molecule has 0 aliphatic rings. The van der Waals surface area contributed by atoms with Crippen molar-refractivity contribution >= 4 is 17.9 Å². The van der Waals surface area contributed by atoms with Gasteiger partial charge in [0.05, 0.1) is 40.3 Å². The lowest BCUT2D eigenvalue weighted by Crippen LogP contribution is -2.44. The van der Waals surface area contributed by atoms with E-state index in [2.05, 4.69) is 184 Å². The highest BCUT2D eigenvalue weighted by atomic mass is 16.7. The van der Waals surface area contributed by atoms with Gasteiger partial charge in [-0.2, -0.15) is 0 Å². The number of carbonyl (C=O) groups excluding carboxylic acids is 3. The summed E-state index contributed by atoms with van der Waals surface area (Å²) in [5, 5.41) is 11.8. The molecule has 0 aliphatic carbocycles. The van der Waals surface area contributed by atoms with E-state index in [0.29, 0.717) is 23.9 Å². The van der Waals surface area contributed by atoms with Crippen LogP contribution in [0, 0.1) is 0 Å². The molecule has 0 spiro atoms. The van der Waals surface area contributed by atoms with Crippen molar-refractivity contribution < 1.29 is 42.9 Å². The van der Waals surface area contributed by atoms with Crippen molar-refractivity contribution in [3.8, 4) is 0 Å². The van der Waals surface area contributed by atoms with Crippen LogP contribution < -0.4 is 5.11 Å². The summed E-state index contributed by atoms with van der Waals surface area (Å²) >= 11 is 0. The van der Waals surface area contributed by atoms with Gasteiger partial charge in [-0.3, -0.25) is 9.59 Å². The lowest BCUT2D eigenvalue weighted by atomic mass is 10.0. The number of ether oxygens (including phenoxy) is 4. The molecule has 0 amide bonds. The molecule has 89 heavy (non-hydrogen) atoms. The first-order valence-corrected chi connectivity index (χ1v) is 35.3. The number of quaternary nitrogens is 1. The fourth-order valence-electron chi connectivity index (χ4n) is 9.14. The summed E-state index contributed by atoms with van der Waals surface area (Å²) in [6, 6.07) is 0. The first kappa shape index (κ1) is 83.7. The Hall–Kier alpha value is -5.35. The van der Waals surface area contributed by atoms with E-state index in [4.69, 9.17) is 18.9 Å². The number of nitrogens with zero attached hydrogens (tertiary/aromatic N) is 1. The molecule has 0 aliphatic heterocycles. The van der Waals surface area contributed by atoms with E-state index in [1.807, 2.05) is 21.1 Å². The lowest BCUT2D eigenvalue weighted by Gasteiger charge is -2.26. The summed E-state index contributed by atoms with van der Waals surface area (Å²) in [6.45, 7) is 4.49. The number of allylic oxidation sites excluding steroid dienone is 28. The van der Waals surface area contributed by atoms with Gasteiger partial charge in [0.1, 0.15) is 13.2 Å². The number of carbonyl (C=O) groups is 3. The highest BCUT2D eigenvalue weighted by Gasteiger charge is 2.22. The molecule has 2 unspecified atom stereocenters. The van der Waals surface area contributed by atoms with Gasteiger partial charge in [0.25, 0.3) is 0 Å². The van der Waals surface area contributed by atoms with E-state index < -0.39 is 24.3 Å². The molecule has 0 aromatic carbocycles. The zero-order valence-electron chi connectivity index (χ0n) is 57.2. The molecule has 0 heterocycles. The highest BCUT2D eigenvalue weighted by molar-refractivity contribution is 5.70. The number of esters is 2. The third kappa shape index (κ3) is 70.0. The average Bonchev–Trinajstić information content (AvgIpc) is 3.64. The predicted molar refractivity (Wildman–Crippen MR) is 379 cm³/mol. The Morgan fingerprint density at radius 1 is 0.337 bits per heavy atom. The van der Waals surface area contributed by atoms with Crippen molar-refractivity contribution in [1.29, 1.82) is 0 Å². The molecule has 0 N–H and O–H groups in total. The summed E-state index contributed by atoms with van der Waals surface area (Å²) < 4.78 is 22.8. The fraction of sp³-hybridized carbons (Fsp3) is 0.613. The van der Waals surface area contributed by atoms with Crippen LogP contribution in [0.3, 0.4) is 0 Å². The molecule has 0 aromatic heterocycles. The van der Waals surface area contributed by atoms with Gasteiger partial charge in [-0.1, -0.05) is 287 Å². The Bertz CT molecular complexity index is 2070. The van der Waals surface area contributed by atoms with Crippen molar-refractivity contribution in [1.82, 2.24) is 0 Å². The number of carboxylic acid groups (broad SMARTS) is 1. The van der Waals surface area contributed by atoms with E-state index in [1.54, 1.807) is 0 Å². The maximum Gasteiger partial charge on any atom is 0.306 e. The average molecular weight is 1230 g/mol. The van der Waals surface area contributed by atoms with Crippen LogP contribution in [-0.4, -0.2) is 82.3 Å². The smallest absolute Gasteiger partial charge is 0.306 e. The first-order chi connectivity index (χ1) is 43.6. The largest absolute Gasteiger partial charge is 0.545 e. The van der Waals surface area contributed by atoms with Crippen molar-refractivity contribution in [2.45, 2.75) is 270 Å². The quantitative estimate of drug-likeness (QED) is 0.0195. The Labute approximate surface area is 546 Å². The minimum atomic E-state index is -1.64. The minimum absolute atomic E-state index is 0.137. The van der Waals surface area contributed by atoms with Gasteiger partial charge in [-0.05, 0) is 128 Å². The van der Waals surface area contributed by atoms with Crippen LogP contribution in [-0.2, 0) is 33.3 Å². The highest BCUT2D eigenvalue weighted by Crippen LogP contribution is 2.16. The number of unbranched alkanes of at least 4 members (excludes halogenated alkanes) is 20. The molecular weight excluding hydrogens is 1100 g/mol. The van der Waals surface area contributed by atoms with Crippen molar-refractivity contribution in [2.75, 3.05) is 47.5 Å². The maximum atomic E-state index is 12.9. The number of likely N-dealkylation sites (N-methyl/N-ethyl adjacent to an activating group) is 1. The molecule has 0 saturated heterocycles. The van der Waals surface area contributed by atoms with Gasteiger partial charge >= 0.3 is 11.9 Å². The second-order valence-corrected chi connectivity index (χ2v) is 24.1. The number of hydrogen-bond donors (Lipinski definition) is 0. The number of aliphatic carboxylic acids is 1. The van der Waals surface area contributed by atoms with Crippen LogP contribution in [0.4, 0.5) is 0 Å². The van der Waals surface area contributed by atoms with Crippen LogP contribution in [0.25, 0.3) is 0 Å². The van der Waals surface area contributed by atoms with Gasteiger partial charge in [0.15, 0.2) is 12.4 Å². The number of rotatable bonds is 63. The summed E-state index contributed by atoms with van der Waals surface area (Å²) in [7, 11) is 5.92. The third-order valence-corrected chi connectivity index (χ3v) is 14.5. The van der Waals surface area contributed by atoms with E-state index in [9.17, 15) is 19.5 Å². The van der Waals surface area contributed by atoms with Crippen LogP contribution in [0.2, 0.25) is 0 Å². The SMILES string of the molecule is CC/C=C\C/C=C\C/C=C\C/C=C\C/C=C\C/C=C\C/C=C\C/C=C\CCCCCCCCCCCCCCCCC(=O)OC(COC(=O)CCCCCCCC/C=C\C/C=C\C/C=C\C/C=C\C/C=C\C/C=C\CC)COC(OCC[N+](C)(C)C)C(=O)[O-]. The molecule has 0 rings (SSSR count). The van der Waals surface area contributed by atoms with Crippen molar-refractivity contribution in [3.05, 3.63) is 170 Å². The molecule has 0 aromatic rings. The molecule has 9 heteroatoms. The third-order valence-electron chi connectivity index (χ3n) is 14.5. The first-order valence-electron chi connectivity index (χ1n) is 35.3. The van der Waals surface area contributed by atoms with Crippen LogP contribution >= 0.6 is 0 Å². The van der Waals surface area contributed by atoms with E-state index in [0.717, 1.165) is 148 Å². The second kappa shape index (κ2) is 68.6. The maximum absolute atomic E-state index is 12.9. The Balaban J connectivity index is 4.16. The zero-order chi connectivity index (χ0) is 64.7. The van der Waals surface area contributed by atoms with E-state index in [-0.39, 0.29) is 38.6 Å². The Morgan fingerprint density at radius 3 is 0.899 bits per heavy atom. The molecule has 2 atom stereocenters. The Kier molecular flexibility index (Phi) is 64.4. The molecule has 0 bridgehead atoms. The van der Waals surface area contributed by atoms with Gasteiger partial charge in [0.2, 0.25) is 0 Å². The molecule has 502 valence electrons. The summed E-state index contributed by atoms with van der Waals surface area (Å²) in [5.74, 6) is -2.31. The van der Waals surface area contributed by atoms with Gasteiger partial charge < -0.3 is 33.3 Å². The molecular formula is C80H129NO8. The summed E-state index contributed by atoms with van der Waals surface area (Å²) in [6.07, 6.45) is 100.0. The summed E-state index contributed by atoms with van der Waals surface area (Å²) in [5.41, 5.74) is 0. The van der Waals surface area contributed by atoms with Crippen molar-refractivity contribution in [3.63, 3.8) is 0 Å². The standard InChI is InChI=1S/C80H129NO8/c1-6-8-10-12-14-16-18-20-22-24-26-28-30-32-33-34-35-36-37-38-39-40-41-42-43-44-45-47-49-51-53-55-57-59-61-63-65-67-69-71-78(83)89-76(75-88-80(79(84)85)86-73-72-81(3,4)5)74-87-77(82)70-68-66-64-62-60-58-56-54-52-50-48-46-31-29-27-25-23-21-19-17-15-13-11-9-7-2/h8-11,14-17,20-23,26-29,32-33,35-36,38-39,41-42,46,48,52,54,76,80H,6-7,12-13,18-19,24-25,30-31,34,37,40,43-45,47,49-51,53,55-75H2,1-5H3/b10-8-,11-9-,16-14-,17-15-,22-20-,23-21-,28-26-,29-27-,33-32-,36-35-,39-38-,42-41-,48-46-,54-52-. The van der Waals surface area contributed by atoms with Gasteiger partial charge in [0, 0.05) is 12.8 Å². The van der Waals surface area contributed by atoms with Crippen molar-refractivity contribution in [2.24, 2.45) is 0 Å². The summed E-state index contributed by atoms with van der Waals surface area (Å²) in [4.78, 5) is 37.5. The molecule has 9 nitrogen and oxygen atoms in total. The molecule has 0 radical (unpaired) electrons. The molecule has 0 saturated carbocycles. The van der Waals surface area contributed by atoms with Gasteiger partial charge in [-0.15, -0.1) is 0 Å².